The lowest BCUT2D eigenvalue weighted by atomic mass is 9.84. The number of rotatable bonds is 6. The molecular weight excluding hydrogens is 375 g/mol. The SMILES string of the molecule is CC(C)(C)S(=O)N[C@@](CC(=O)c1ccccc1)(c1ccccc1)C(F)(F)F. The zero-order valence-electron chi connectivity index (χ0n) is 15.3. The third-order valence-electron chi connectivity index (χ3n) is 4.10. The molecule has 1 unspecified atom stereocenters. The predicted octanol–water partition coefficient (Wildman–Crippen LogP) is 4.77. The Morgan fingerprint density at radius 3 is 1.85 bits per heavy atom. The van der Waals surface area contributed by atoms with Gasteiger partial charge in [0.25, 0.3) is 0 Å². The quantitative estimate of drug-likeness (QED) is 0.714. The number of carbonyl (C=O) groups excluding carboxylic acids is 1. The smallest absolute Gasteiger partial charge is 0.294 e. The lowest BCUT2D eigenvalue weighted by molar-refractivity contribution is -0.193. The molecule has 0 saturated carbocycles. The van der Waals surface area contributed by atoms with E-state index in [-0.39, 0.29) is 11.1 Å². The Hall–Kier alpha value is -1.99. The van der Waals surface area contributed by atoms with Crippen molar-refractivity contribution in [1.29, 1.82) is 0 Å². The fraction of sp³-hybridized carbons (Fsp3) is 0.350. The molecule has 0 amide bonds. The Morgan fingerprint density at radius 2 is 1.41 bits per heavy atom. The highest BCUT2D eigenvalue weighted by Gasteiger charge is 2.58. The van der Waals surface area contributed by atoms with Crippen molar-refractivity contribution in [2.24, 2.45) is 0 Å². The number of Topliss-reactive ketones (excluding diaryl/α,β-unsaturated/α-hetero) is 1. The fourth-order valence-electron chi connectivity index (χ4n) is 2.52. The average molecular weight is 397 g/mol. The molecule has 0 radical (unpaired) electrons. The first kappa shape index (κ1) is 21.3. The molecular formula is C20H22F3NO2S. The number of halogens is 3. The van der Waals surface area contributed by atoms with Crippen LogP contribution >= 0.6 is 0 Å². The summed E-state index contributed by atoms with van der Waals surface area (Å²) < 4.78 is 56.9. The van der Waals surface area contributed by atoms with E-state index in [9.17, 15) is 22.2 Å². The van der Waals surface area contributed by atoms with Gasteiger partial charge in [0, 0.05) is 12.0 Å². The van der Waals surface area contributed by atoms with Crippen molar-refractivity contribution < 1.29 is 22.2 Å². The molecule has 2 aromatic rings. The van der Waals surface area contributed by atoms with Crippen molar-refractivity contribution in [3.63, 3.8) is 0 Å². The van der Waals surface area contributed by atoms with Crippen LogP contribution in [0.3, 0.4) is 0 Å². The van der Waals surface area contributed by atoms with Gasteiger partial charge in [0.05, 0.1) is 15.7 Å². The molecule has 0 fully saturated rings. The van der Waals surface area contributed by atoms with E-state index in [4.69, 9.17) is 0 Å². The summed E-state index contributed by atoms with van der Waals surface area (Å²) >= 11 is 0. The van der Waals surface area contributed by atoms with Gasteiger partial charge in [0.2, 0.25) is 0 Å². The second-order valence-corrected chi connectivity index (χ2v) is 9.18. The van der Waals surface area contributed by atoms with Crippen LogP contribution in [0.2, 0.25) is 0 Å². The third-order valence-corrected chi connectivity index (χ3v) is 5.74. The van der Waals surface area contributed by atoms with Gasteiger partial charge in [0.15, 0.2) is 11.3 Å². The molecule has 146 valence electrons. The minimum atomic E-state index is -4.85. The Balaban J connectivity index is 2.58. The molecule has 2 atom stereocenters. The molecule has 0 heterocycles. The molecule has 0 bridgehead atoms. The van der Waals surface area contributed by atoms with Crippen molar-refractivity contribution in [3.05, 3.63) is 71.8 Å². The maximum atomic E-state index is 14.3. The van der Waals surface area contributed by atoms with Gasteiger partial charge in [-0.05, 0) is 26.3 Å². The highest BCUT2D eigenvalue weighted by molar-refractivity contribution is 7.84. The summed E-state index contributed by atoms with van der Waals surface area (Å²) in [5.41, 5.74) is -2.75. The normalized spacial score (nSPS) is 15.8. The first-order valence-corrected chi connectivity index (χ1v) is 9.52. The standard InChI is InChI=1S/C20H22F3NO2S/c1-18(2,3)27(26)24-19(20(21,22)23,16-12-8-5-9-13-16)14-17(25)15-10-6-4-7-11-15/h4-13,24H,14H2,1-3H3/t19-,27?/m0/s1. The summed E-state index contributed by atoms with van der Waals surface area (Å²) in [6.07, 6.45) is -5.74. The molecule has 7 heteroatoms. The molecule has 0 spiro atoms. The number of ketones is 1. The van der Waals surface area contributed by atoms with Crippen LogP contribution in [0.25, 0.3) is 0 Å². The summed E-state index contributed by atoms with van der Waals surface area (Å²) in [6.45, 7) is 4.71. The van der Waals surface area contributed by atoms with Gasteiger partial charge in [-0.15, -0.1) is 0 Å². The van der Waals surface area contributed by atoms with Crippen LogP contribution in [0, 0.1) is 0 Å². The van der Waals surface area contributed by atoms with E-state index in [1.165, 1.54) is 36.4 Å². The van der Waals surface area contributed by atoms with Crippen LogP contribution in [0.15, 0.2) is 60.7 Å². The molecule has 0 aromatic heterocycles. The van der Waals surface area contributed by atoms with E-state index >= 15 is 0 Å². The molecule has 2 rings (SSSR count). The number of alkyl halides is 3. The fourth-order valence-corrected chi connectivity index (χ4v) is 3.45. The Kier molecular flexibility index (Phi) is 6.27. The lowest BCUT2D eigenvalue weighted by Crippen LogP contribution is -2.57. The number of hydrogen-bond donors (Lipinski definition) is 1. The number of carbonyl (C=O) groups is 1. The van der Waals surface area contributed by atoms with Crippen molar-refractivity contribution in [3.8, 4) is 0 Å². The van der Waals surface area contributed by atoms with Crippen molar-refractivity contribution in [2.45, 2.75) is 43.7 Å². The molecule has 3 nitrogen and oxygen atoms in total. The number of hydrogen-bond acceptors (Lipinski definition) is 2. The Labute approximate surface area is 159 Å². The van der Waals surface area contributed by atoms with Crippen LogP contribution < -0.4 is 4.72 Å². The summed E-state index contributed by atoms with van der Waals surface area (Å²) in [5.74, 6) is -0.685. The van der Waals surface area contributed by atoms with E-state index in [1.807, 2.05) is 0 Å². The highest BCUT2D eigenvalue weighted by atomic mass is 32.2. The zero-order chi connectivity index (χ0) is 20.3. The number of benzene rings is 2. The largest absolute Gasteiger partial charge is 0.412 e. The topological polar surface area (TPSA) is 46.2 Å². The van der Waals surface area contributed by atoms with Crippen molar-refractivity contribution in [2.75, 3.05) is 0 Å². The van der Waals surface area contributed by atoms with Gasteiger partial charge in [-0.25, -0.2) is 8.93 Å². The molecule has 0 aliphatic rings. The first-order chi connectivity index (χ1) is 12.5. The van der Waals surface area contributed by atoms with Gasteiger partial charge >= 0.3 is 6.18 Å². The van der Waals surface area contributed by atoms with Crippen LogP contribution in [0.5, 0.6) is 0 Å². The van der Waals surface area contributed by atoms with Crippen LogP contribution in [0.1, 0.15) is 43.1 Å². The van der Waals surface area contributed by atoms with Crippen LogP contribution in [-0.2, 0) is 16.5 Å². The van der Waals surface area contributed by atoms with Crippen molar-refractivity contribution in [1.82, 2.24) is 4.72 Å². The third kappa shape index (κ3) is 4.84. The molecule has 0 aliphatic heterocycles. The summed E-state index contributed by atoms with van der Waals surface area (Å²) in [4.78, 5) is 12.7. The summed E-state index contributed by atoms with van der Waals surface area (Å²) in [7, 11) is -2.05. The second kappa shape index (κ2) is 7.94. The lowest BCUT2D eigenvalue weighted by Gasteiger charge is -2.38. The molecule has 2 aromatic carbocycles. The van der Waals surface area contributed by atoms with Gasteiger partial charge < -0.3 is 0 Å². The first-order valence-electron chi connectivity index (χ1n) is 8.37. The minimum absolute atomic E-state index is 0.153. The maximum absolute atomic E-state index is 14.3. The maximum Gasteiger partial charge on any atom is 0.412 e. The van der Waals surface area contributed by atoms with Gasteiger partial charge in [0.1, 0.15) is 0 Å². The molecule has 0 aliphatic carbocycles. The van der Waals surface area contributed by atoms with Gasteiger partial charge in [-0.2, -0.15) is 13.2 Å². The average Bonchev–Trinajstić information content (AvgIpc) is 2.60. The monoisotopic (exact) mass is 397 g/mol. The summed E-state index contributed by atoms with van der Waals surface area (Å²) in [5, 5.41) is 0. The Bertz CT molecular complexity index is 801. The van der Waals surface area contributed by atoms with E-state index in [1.54, 1.807) is 45.0 Å². The number of nitrogens with one attached hydrogen (secondary N) is 1. The molecule has 1 N–H and O–H groups in total. The van der Waals surface area contributed by atoms with Gasteiger partial charge in [-0.1, -0.05) is 60.7 Å². The van der Waals surface area contributed by atoms with Gasteiger partial charge in [-0.3, -0.25) is 4.79 Å². The highest BCUT2D eigenvalue weighted by Crippen LogP contribution is 2.43. The van der Waals surface area contributed by atoms with Crippen LogP contribution in [0.4, 0.5) is 13.2 Å². The van der Waals surface area contributed by atoms with Crippen LogP contribution in [-0.4, -0.2) is 20.9 Å². The zero-order valence-corrected chi connectivity index (χ0v) is 16.2. The van der Waals surface area contributed by atoms with E-state index in [2.05, 4.69) is 4.72 Å². The molecule has 27 heavy (non-hydrogen) atoms. The molecule has 0 saturated heterocycles. The summed E-state index contributed by atoms with van der Waals surface area (Å²) in [6, 6.07) is 14.9. The van der Waals surface area contributed by atoms with E-state index in [0.29, 0.717) is 0 Å². The Morgan fingerprint density at radius 1 is 0.926 bits per heavy atom. The predicted molar refractivity (Wildman–Crippen MR) is 101 cm³/mol. The second-order valence-electron chi connectivity index (χ2n) is 7.22. The van der Waals surface area contributed by atoms with E-state index < -0.39 is 39.7 Å². The minimum Gasteiger partial charge on any atom is -0.294 e. The van der Waals surface area contributed by atoms with Crippen molar-refractivity contribution >= 4 is 16.8 Å². The van der Waals surface area contributed by atoms with E-state index in [0.717, 1.165) is 0 Å².